The molecule has 23 heavy (non-hydrogen) atoms. The van der Waals surface area contributed by atoms with E-state index in [-0.39, 0.29) is 10.6 Å². The molecule has 0 radical (unpaired) electrons. The summed E-state index contributed by atoms with van der Waals surface area (Å²) in [5.41, 5.74) is 6.99. The lowest BCUT2D eigenvalue weighted by molar-refractivity contribution is -0.384. The number of nitrogens with one attached hydrogen (secondary N) is 1. The highest BCUT2D eigenvalue weighted by Gasteiger charge is 2.03. The Balaban J connectivity index is 2.10. The van der Waals surface area contributed by atoms with Gasteiger partial charge in [0.05, 0.1) is 4.92 Å². The quantitative estimate of drug-likeness (QED) is 0.214. The van der Waals surface area contributed by atoms with Gasteiger partial charge in [-0.05, 0) is 38.2 Å². The number of aliphatic imine (C=N–C) groups is 1. The summed E-state index contributed by atoms with van der Waals surface area (Å²) in [7, 11) is 0. The second kappa shape index (κ2) is 11.4. The van der Waals surface area contributed by atoms with Gasteiger partial charge in [-0.1, -0.05) is 12.1 Å². The molecule has 0 aliphatic carbocycles. The van der Waals surface area contributed by atoms with Gasteiger partial charge < -0.3 is 15.8 Å². The van der Waals surface area contributed by atoms with Crippen LogP contribution in [0.25, 0.3) is 0 Å². The number of hydrogen-bond donors (Lipinski definition) is 2. The summed E-state index contributed by atoms with van der Waals surface area (Å²) in [5.74, 6) is 0.469. The van der Waals surface area contributed by atoms with Crippen LogP contribution in [0.4, 0.5) is 5.69 Å². The maximum Gasteiger partial charge on any atom is 0.269 e. The van der Waals surface area contributed by atoms with E-state index < -0.39 is 0 Å². The molecule has 0 spiro atoms. The van der Waals surface area contributed by atoms with E-state index in [0.717, 1.165) is 44.4 Å². The van der Waals surface area contributed by atoms with Crippen molar-refractivity contribution in [3.05, 3.63) is 39.9 Å². The van der Waals surface area contributed by atoms with Crippen molar-refractivity contribution in [3.8, 4) is 0 Å². The third-order valence-electron chi connectivity index (χ3n) is 3.28. The van der Waals surface area contributed by atoms with Gasteiger partial charge in [0.2, 0.25) is 0 Å². The zero-order valence-corrected chi connectivity index (χ0v) is 13.7. The van der Waals surface area contributed by atoms with Crippen LogP contribution in [0.5, 0.6) is 0 Å². The van der Waals surface area contributed by atoms with Crippen LogP contribution in [0.3, 0.4) is 0 Å². The second-order valence-electron chi connectivity index (χ2n) is 5.12. The van der Waals surface area contributed by atoms with Crippen molar-refractivity contribution in [2.45, 2.75) is 32.6 Å². The molecule has 7 heteroatoms. The fourth-order valence-electron chi connectivity index (χ4n) is 2.02. The first-order valence-corrected chi connectivity index (χ1v) is 7.98. The predicted octanol–water partition coefficient (Wildman–Crippen LogP) is 2.25. The number of rotatable bonds is 11. The van der Waals surface area contributed by atoms with Gasteiger partial charge >= 0.3 is 0 Å². The number of nitrogens with zero attached hydrogens (tertiary/aromatic N) is 2. The van der Waals surface area contributed by atoms with Crippen LogP contribution in [0.15, 0.2) is 29.3 Å². The van der Waals surface area contributed by atoms with Gasteiger partial charge in [0.15, 0.2) is 5.96 Å². The van der Waals surface area contributed by atoms with E-state index in [2.05, 4.69) is 10.3 Å². The summed E-state index contributed by atoms with van der Waals surface area (Å²) < 4.78 is 5.22. The third kappa shape index (κ3) is 8.77. The van der Waals surface area contributed by atoms with Crippen LogP contribution in [0, 0.1) is 10.1 Å². The van der Waals surface area contributed by atoms with Gasteiger partial charge in [0.25, 0.3) is 5.69 Å². The monoisotopic (exact) mass is 322 g/mol. The number of unbranched alkanes of at least 4 members (excludes halogenated alkanes) is 1. The minimum atomic E-state index is -0.385. The molecule has 0 atom stereocenters. The summed E-state index contributed by atoms with van der Waals surface area (Å²) >= 11 is 0. The van der Waals surface area contributed by atoms with Gasteiger partial charge in [-0.25, -0.2) is 0 Å². The molecule has 0 bridgehead atoms. The molecule has 0 saturated heterocycles. The Labute approximate surface area is 137 Å². The molecular formula is C16H26N4O3. The average molecular weight is 322 g/mol. The SMILES string of the molecule is CCOCCCN=C(N)NCCCCc1ccc([N+](=O)[O-])cc1. The van der Waals surface area contributed by atoms with Crippen LogP contribution in [0.1, 0.15) is 31.7 Å². The molecule has 0 aliphatic rings. The maximum atomic E-state index is 10.6. The molecule has 1 rings (SSSR count). The standard InChI is InChI=1S/C16H26N4O3/c1-2-23-13-5-12-19-16(17)18-11-4-3-6-14-7-9-15(10-8-14)20(21)22/h7-10H,2-6,11-13H2,1H3,(H3,17,18,19). The highest BCUT2D eigenvalue weighted by Crippen LogP contribution is 2.13. The first kappa shape index (κ1) is 18.9. The van der Waals surface area contributed by atoms with Crippen molar-refractivity contribution in [3.63, 3.8) is 0 Å². The number of non-ortho nitro benzene ring substituents is 1. The summed E-state index contributed by atoms with van der Waals surface area (Å²) in [6.45, 7) is 4.85. The van der Waals surface area contributed by atoms with Crippen molar-refractivity contribution < 1.29 is 9.66 Å². The smallest absolute Gasteiger partial charge is 0.269 e. The molecule has 3 N–H and O–H groups in total. The molecule has 7 nitrogen and oxygen atoms in total. The lowest BCUT2D eigenvalue weighted by atomic mass is 10.1. The number of nitro groups is 1. The predicted molar refractivity (Wildman–Crippen MR) is 91.6 cm³/mol. The van der Waals surface area contributed by atoms with Gasteiger partial charge in [0, 0.05) is 38.4 Å². The molecule has 128 valence electrons. The third-order valence-corrected chi connectivity index (χ3v) is 3.28. The Morgan fingerprint density at radius 3 is 2.70 bits per heavy atom. The van der Waals surface area contributed by atoms with Crippen molar-refractivity contribution >= 4 is 11.6 Å². The Bertz CT molecular complexity index is 489. The maximum absolute atomic E-state index is 10.6. The van der Waals surface area contributed by atoms with E-state index in [1.54, 1.807) is 24.3 Å². The number of hydrogen-bond acceptors (Lipinski definition) is 4. The summed E-state index contributed by atoms with van der Waals surface area (Å²) in [6.07, 6.45) is 3.72. The van der Waals surface area contributed by atoms with Gasteiger partial charge in [-0.3, -0.25) is 15.1 Å². The van der Waals surface area contributed by atoms with E-state index in [1.807, 2.05) is 6.92 Å². The number of ether oxygens (including phenoxy) is 1. The van der Waals surface area contributed by atoms with E-state index in [1.165, 1.54) is 0 Å². The van der Waals surface area contributed by atoms with E-state index >= 15 is 0 Å². The highest BCUT2D eigenvalue weighted by molar-refractivity contribution is 5.77. The molecule has 0 aliphatic heterocycles. The number of aryl methyl sites for hydroxylation is 1. The Hall–Kier alpha value is -2.15. The normalized spacial score (nSPS) is 11.4. The summed E-state index contributed by atoms with van der Waals surface area (Å²) in [5, 5.41) is 13.7. The minimum Gasteiger partial charge on any atom is -0.382 e. The van der Waals surface area contributed by atoms with Crippen LogP contribution < -0.4 is 11.1 Å². The van der Waals surface area contributed by atoms with Gasteiger partial charge in [0.1, 0.15) is 0 Å². The minimum absolute atomic E-state index is 0.128. The van der Waals surface area contributed by atoms with Gasteiger partial charge in [-0.15, -0.1) is 0 Å². The molecule has 1 aromatic carbocycles. The zero-order valence-electron chi connectivity index (χ0n) is 13.7. The van der Waals surface area contributed by atoms with Crippen LogP contribution in [-0.4, -0.2) is 37.2 Å². The molecule has 0 unspecified atom stereocenters. The zero-order chi connectivity index (χ0) is 16.9. The van der Waals surface area contributed by atoms with Crippen molar-refractivity contribution in [1.29, 1.82) is 0 Å². The summed E-state index contributed by atoms with van der Waals surface area (Å²) in [4.78, 5) is 14.4. The summed E-state index contributed by atoms with van der Waals surface area (Å²) in [6, 6.07) is 6.69. The van der Waals surface area contributed by atoms with Crippen LogP contribution in [-0.2, 0) is 11.2 Å². The largest absolute Gasteiger partial charge is 0.382 e. The van der Waals surface area contributed by atoms with E-state index in [0.29, 0.717) is 19.1 Å². The number of nitro benzene ring substituents is 1. The topological polar surface area (TPSA) is 103 Å². The van der Waals surface area contributed by atoms with Crippen LogP contribution in [0.2, 0.25) is 0 Å². The van der Waals surface area contributed by atoms with E-state index in [4.69, 9.17) is 10.5 Å². The second-order valence-corrected chi connectivity index (χ2v) is 5.12. The number of guanidine groups is 1. The lowest BCUT2D eigenvalue weighted by Gasteiger charge is -2.06. The van der Waals surface area contributed by atoms with Crippen molar-refractivity contribution in [2.24, 2.45) is 10.7 Å². The van der Waals surface area contributed by atoms with Gasteiger partial charge in [-0.2, -0.15) is 0 Å². The first-order chi connectivity index (χ1) is 11.1. The molecule has 0 amide bonds. The highest BCUT2D eigenvalue weighted by atomic mass is 16.6. The Kier molecular flexibility index (Phi) is 9.38. The average Bonchev–Trinajstić information content (AvgIpc) is 2.54. The van der Waals surface area contributed by atoms with E-state index in [9.17, 15) is 10.1 Å². The molecule has 0 saturated carbocycles. The Morgan fingerprint density at radius 1 is 1.30 bits per heavy atom. The Morgan fingerprint density at radius 2 is 2.04 bits per heavy atom. The van der Waals surface area contributed by atoms with Crippen LogP contribution >= 0.6 is 0 Å². The lowest BCUT2D eigenvalue weighted by Crippen LogP contribution is -2.32. The number of nitrogens with two attached hydrogens (primary N) is 1. The number of benzene rings is 1. The molecule has 1 aromatic rings. The molecule has 0 fully saturated rings. The molecule has 0 aromatic heterocycles. The fourth-order valence-corrected chi connectivity index (χ4v) is 2.02. The van der Waals surface area contributed by atoms with Crippen molar-refractivity contribution in [1.82, 2.24) is 5.32 Å². The molecular weight excluding hydrogens is 296 g/mol. The first-order valence-electron chi connectivity index (χ1n) is 7.98. The fraction of sp³-hybridized carbons (Fsp3) is 0.562. The molecule has 0 heterocycles. The van der Waals surface area contributed by atoms with Crippen molar-refractivity contribution in [2.75, 3.05) is 26.3 Å².